The number of hydrogen-bond donors (Lipinski definition) is 0. The van der Waals surface area contributed by atoms with Gasteiger partial charge in [0.25, 0.3) is 0 Å². The van der Waals surface area contributed by atoms with Crippen LogP contribution in [-0.2, 0) is 0 Å². The molecule has 1 heteroatoms. The van der Waals surface area contributed by atoms with Crippen molar-refractivity contribution in [3.8, 4) is 0 Å². The Morgan fingerprint density at radius 2 is 1.50 bits per heavy atom. The maximum absolute atomic E-state index is 2.79. The van der Waals surface area contributed by atoms with Crippen LogP contribution in [0.3, 0.4) is 0 Å². The summed E-state index contributed by atoms with van der Waals surface area (Å²) in [6.45, 7) is 15.6. The van der Waals surface area contributed by atoms with E-state index in [1.54, 1.807) is 38.5 Å². The van der Waals surface area contributed by atoms with Gasteiger partial charge in [0.1, 0.15) is 0 Å². The van der Waals surface area contributed by atoms with E-state index in [-0.39, 0.29) is 0 Å². The van der Waals surface area contributed by atoms with Gasteiger partial charge in [-0.05, 0) is 65.9 Å². The summed E-state index contributed by atoms with van der Waals surface area (Å²) in [5.41, 5.74) is 2.80. The second-order valence-electron chi connectivity index (χ2n) is 10.9. The van der Waals surface area contributed by atoms with E-state index >= 15 is 0 Å². The highest BCUT2D eigenvalue weighted by atomic mass is 28.3. The molecule has 0 N–H and O–H groups in total. The number of fused-ring (bicyclic) bond motifs is 1. The van der Waals surface area contributed by atoms with Crippen LogP contribution < -0.4 is 0 Å². The molecular weight excluding hydrogens is 280 g/mol. The molecule has 0 bridgehead atoms. The van der Waals surface area contributed by atoms with Crippen LogP contribution in [0.2, 0.25) is 24.2 Å². The van der Waals surface area contributed by atoms with Crippen LogP contribution in [-0.4, -0.2) is 8.07 Å². The Labute approximate surface area is 140 Å². The zero-order chi connectivity index (χ0) is 16.1. The zero-order valence-corrected chi connectivity index (χ0v) is 17.1. The lowest BCUT2D eigenvalue weighted by Crippen LogP contribution is -2.46. The lowest BCUT2D eigenvalue weighted by atomic mass is 9.66. The smallest absolute Gasteiger partial charge is 0.0538 e. The average molecular weight is 321 g/mol. The molecule has 0 saturated heterocycles. The molecule has 0 aromatic rings. The van der Waals surface area contributed by atoms with Gasteiger partial charge in [0.15, 0.2) is 0 Å². The van der Waals surface area contributed by atoms with Crippen molar-refractivity contribution in [2.75, 3.05) is 0 Å². The van der Waals surface area contributed by atoms with Crippen LogP contribution in [0.25, 0.3) is 0 Å². The lowest BCUT2D eigenvalue weighted by molar-refractivity contribution is 0.111. The van der Waals surface area contributed by atoms with Crippen molar-refractivity contribution in [2.45, 2.75) is 103 Å². The summed E-state index contributed by atoms with van der Waals surface area (Å²) in [5, 5.41) is 0. The molecule has 22 heavy (non-hydrogen) atoms. The van der Waals surface area contributed by atoms with Crippen LogP contribution in [0.1, 0.15) is 79.1 Å². The minimum Gasteiger partial charge on any atom is -0.0689 e. The van der Waals surface area contributed by atoms with Crippen molar-refractivity contribution in [3.63, 3.8) is 0 Å². The predicted molar refractivity (Wildman–Crippen MR) is 101 cm³/mol. The molecular formula is C21H40Si. The first-order valence-electron chi connectivity index (χ1n) is 10.2. The van der Waals surface area contributed by atoms with E-state index in [1.807, 2.05) is 0 Å². The summed E-state index contributed by atoms with van der Waals surface area (Å²) in [6.07, 6.45) is 12.4. The summed E-state index contributed by atoms with van der Waals surface area (Å²) in [7, 11) is -1.11. The summed E-state index contributed by atoms with van der Waals surface area (Å²) in [4.78, 5) is 0. The van der Waals surface area contributed by atoms with Crippen LogP contribution in [0.15, 0.2) is 0 Å². The molecule has 5 unspecified atom stereocenters. The van der Waals surface area contributed by atoms with Crippen molar-refractivity contribution in [1.29, 1.82) is 0 Å². The minimum atomic E-state index is -1.11. The van der Waals surface area contributed by atoms with E-state index in [0.29, 0.717) is 5.41 Å². The van der Waals surface area contributed by atoms with E-state index in [9.17, 15) is 0 Å². The average Bonchev–Trinajstić information content (AvgIpc) is 3.03. The molecule has 3 saturated carbocycles. The first-order valence-corrected chi connectivity index (χ1v) is 13.3. The van der Waals surface area contributed by atoms with Gasteiger partial charge < -0.3 is 0 Å². The molecule has 3 aliphatic rings. The third kappa shape index (κ3) is 3.08. The standard InChI is InChI=1S/C21H40Si/c1-15-11-16-13-17(21(2,3)4)14-20(19(16)12-15)22(5,6)18-9-7-8-10-18/h15-20H,7-14H2,1-6H3. The number of hydrogen-bond acceptors (Lipinski definition) is 0. The Hall–Kier alpha value is 0.217. The third-order valence-corrected chi connectivity index (χ3v) is 13.5. The van der Waals surface area contributed by atoms with Crippen molar-refractivity contribution in [2.24, 2.45) is 29.1 Å². The SMILES string of the molecule is CC1CC2CC(C(C)(C)C)CC([Si](C)(C)C3CCCC3)C2C1. The summed E-state index contributed by atoms with van der Waals surface area (Å²) < 4.78 is 0. The Balaban J connectivity index is 1.85. The van der Waals surface area contributed by atoms with Gasteiger partial charge in [-0.15, -0.1) is 0 Å². The van der Waals surface area contributed by atoms with Gasteiger partial charge in [-0.3, -0.25) is 0 Å². The van der Waals surface area contributed by atoms with Gasteiger partial charge in [0, 0.05) is 0 Å². The second kappa shape index (κ2) is 5.94. The van der Waals surface area contributed by atoms with Crippen molar-refractivity contribution >= 4 is 8.07 Å². The first kappa shape index (κ1) is 17.1. The van der Waals surface area contributed by atoms with Crippen molar-refractivity contribution < 1.29 is 0 Å². The highest BCUT2D eigenvalue weighted by Gasteiger charge is 2.52. The topological polar surface area (TPSA) is 0 Å². The first-order chi connectivity index (χ1) is 10.2. The second-order valence-corrected chi connectivity index (χ2v) is 16.1. The van der Waals surface area contributed by atoms with E-state index in [4.69, 9.17) is 0 Å². The van der Waals surface area contributed by atoms with E-state index in [2.05, 4.69) is 40.8 Å². The third-order valence-electron chi connectivity index (χ3n) is 8.22. The molecule has 0 aromatic heterocycles. The molecule has 0 spiro atoms. The Morgan fingerprint density at radius 3 is 2.09 bits per heavy atom. The van der Waals surface area contributed by atoms with E-state index < -0.39 is 8.07 Å². The van der Waals surface area contributed by atoms with Crippen molar-refractivity contribution in [1.82, 2.24) is 0 Å². The fraction of sp³-hybridized carbons (Fsp3) is 1.00. The van der Waals surface area contributed by atoms with Gasteiger partial charge in [-0.25, -0.2) is 0 Å². The molecule has 0 aromatic carbocycles. The molecule has 3 fully saturated rings. The normalized spacial score (nSPS) is 40.9. The Morgan fingerprint density at radius 1 is 0.864 bits per heavy atom. The maximum Gasteiger partial charge on any atom is 0.0538 e. The fourth-order valence-electron chi connectivity index (χ4n) is 6.69. The molecule has 5 atom stereocenters. The predicted octanol–water partition coefficient (Wildman–Crippen LogP) is 7.13. The van der Waals surface area contributed by atoms with Crippen LogP contribution in [0.4, 0.5) is 0 Å². The van der Waals surface area contributed by atoms with E-state index in [0.717, 1.165) is 34.8 Å². The fourth-order valence-corrected chi connectivity index (χ4v) is 11.6. The summed E-state index contributed by atoms with van der Waals surface area (Å²) in [5.74, 6) is 4.17. The molecule has 0 heterocycles. The molecule has 3 rings (SSSR count). The molecule has 128 valence electrons. The molecule has 3 aliphatic carbocycles. The quantitative estimate of drug-likeness (QED) is 0.475. The van der Waals surface area contributed by atoms with Gasteiger partial charge in [0.2, 0.25) is 0 Å². The van der Waals surface area contributed by atoms with Gasteiger partial charge in [-0.2, -0.15) is 0 Å². The molecule has 0 aliphatic heterocycles. The van der Waals surface area contributed by atoms with Crippen LogP contribution >= 0.6 is 0 Å². The monoisotopic (exact) mass is 320 g/mol. The highest BCUT2D eigenvalue weighted by Crippen LogP contribution is 2.61. The van der Waals surface area contributed by atoms with E-state index in [1.165, 1.54) is 12.8 Å². The van der Waals surface area contributed by atoms with Crippen LogP contribution in [0.5, 0.6) is 0 Å². The highest BCUT2D eigenvalue weighted by molar-refractivity contribution is 6.80. The van der Waals surface area contributed by atoms with Gasteiger partial charge in [0.05, 0.1) is 8.07 Å². The van der Waals surface area contributed by atoms with Crippen LogP contribution in [0, 0.1) is 29.1 Å². The summed E-state index contributed by atoms with van der Waals surface area (Å²) >= 11 is 0. The maximum atomic E-state index is 2.79. The number of rotatable bonds is 2. The largest absolute Gasteiger partial charge is 0.0689 e. The molecule has 0 amide bonds. The van der Waals surface area contributed by atoms with Gasteiger partial charge >= 0.3 is 0 Å². The van der Waals surface area contributed by atoms with Crippen molar-refractivity contribution in [3.05, 3.63) is 0 Å². The lowest BCUT2D eigenvalue weighted by Gasteiger charge is -2.51. The Bertz CT molecular complexity index is 385. The summed E-state index contributed by atoms with van der Waals surface area (Å²) in [6, 6.07) is 0. The molecule has 0 nitrogen and oxygen atoms in total. The molecule has 0 radical (unpaired) electrons. The van der Waals surface area contributed by atoms with Gasteiger partial charge in [-0.1, -0.05) is 66.5 Å². The zero-order valence-electron chi connectivity index (χ0n) is 16.1. The minimum absolute atomic E-state index is 0.523. The Kier molecular flexibility index (Phi) is 4.60.